The molecule has 4 rings (SSSR count). The lowest BCUT2D eigenvalue weighted by molar-refractivity contribution is 0.0738. The zero-order chi connectivity index (χ0) is 20.9. The highest BCUT2D eigenvalue weighted by molar-refractivity contribution is 5.98. The summed E-state index contributed by atoms with van der Waals surface area (Å²) in [6.45, 7) is 1.69. The van der Waals surface area contributed by atoms with Gasteiger partial charge in [0.1, 0.15) is 11.5 Å². The number of nitrogens with zero attached hydrogens (tertiary/aromatic N) is 1. The molecular formula is C21H16F3N3O2. The Bertz CT molecular complexity index is 1330. The Kier molecular flexibility index (Phi) is 4.41. The smallest absolute Gasteiger partial charge is 0.270 e. The summed E-state index contributed by atoms with van der Waals surface area (Å²) in [5.74, 6) is -3.08. The van der Waals surface area contributed by atoms with Crippen molar-refractivity contribution in [3.63, 3.8) is 0 Å². The molecule has 0 saturated heterocycles. The Morgan fingerprint density at radius 2 is 1.69 bits per heavy atom. The number of hydrogen-bond donors (Lipinski definition) is 2. The fourth-order valence-electron chi connectivity index (χ4n) is 3.43. The molecule has 1 amide bonds. The number of rotatable bonds is 3. The van der Waals surface area contributed by atoms with E-state index in [1.165, 1.54) is 36.3 Å². The largest absolute Gasteiger partial charge is 0.350 e. The minimum Gasteiger partial charge on any atom is -0.350 e. The van der Waals surface area contributed by atoms with E-state index in [-0.39, 0.29) is 16.5 Å². The normalized spacial score (nSPS) is 12.4. The molecule has 0 bridgehead atoms. The summed E-state index contributed by atoms with van der Waals surface area (Å²) in [7, 11) is 1.53. The van der Waals surface area contributed by atoms with Crippen LogP contribution < -0.4 is 5.56 Å². The van der Waals surface area contributed by atoms with E-state index in [4.69, 9.17) is 0 Å². The van der Waals surface area contributed by atoms with Gasteiger partial charge in [0.05, 0.1) is 11.4 Å². The number of amides is 1. The second kappa shape index (κ2) is 6.80. The first-order valence-corrected chi connectivity index (χ1v) is 8.82. The van der Waals surface area contributed by atoms with E-state index in [0.717, 1.165) is 12.1 Å². The molecule has 8 heteroatoms. The van der Waals surface area contributed by atoms with Gasteiger partial charge < -0.3 is 14.9 Å². The van der Waals surface area contributed by atoms with Crippen molar-refractivity contribution in [2.75, 3.05) is 7.05 Å². The van der Waals surface area contributed by atoms with E-state index in [2.05, 4.69) is 9.97 Å². The number of halogens is 3. The first-order valence-electron chi connectivity index (χ1n) is 8.82. The van der Waals surface area contributed by atoms with E-state index >= 15 is 0 Å². The van der Waals surface area contributed by atoms with Crippen LogP contribution in [-0.4, -0.2) is 27.8 Å². The molecule has 0 saturated carbocycles. The van der Waals surface area contributed by atoms with Gasteiger partial charge in [0.15, 0.2) is 11.6 Å². The van der Waals surface area contributed by atoms with Gasteiger partial charge in [-0.2, -0.15) is 0 Å². The average molecular weight is 399 g/mol. The number of aromatic nitrogens is 2. The Morgan fingerprint density at radius 3 is 2.38 bits per heavy atom. The summed E-state index contributed by atoms with van der Waals surface area (Å²) >= 11 is 0. The van der Waals surface area contributed by atoms with Crippen LogP contribution in [0.4, 0.5) is 13.2 Å². The van der Waals surface area contributed by atoms with Crippen molar-refractivity contribution in [2.45, 2.75) is 13.0 Å². The van der Waals surface area contributed by atoms with Crippen LogP contribution in [0.1, 0.15) is 29.0 Å². The maximum absolute atomic E-state index is 13.9. The van der Waals surface area contributed by atoms with Gasteiger partial charge in [-0.05, 0) is 48.2 Å². The molecule has 2 N–H and O–H groups in total. The maximum Gasteiger partial charge on any atom is 0.270 e. The molecule has 2 heterocycles. The van der Waals surface area contributed by atoms with Crippen LogP contribution in [0.25, 0.3) is 21.7 Å². The third-order valence-corrected chi connectivity index (χ3v) is 5.17. The number of nitrogens with one attached hydrogen (secondary N) is 2. The van der Waals surface area contributed by atoms with Crippen molar-refractivity contribution in [3.05, 3.63) is 81.7 Å². The van der Waals surface area contributed by atoms with Crippen LogP contribution in [0.2, 0.25) is 0 Å². The molecule has 0 radical (unpaired) electrons. The number of carbonyl (C=O) groups is 1. The Morgan fingerprint density at radius 1 is 1.00 bits per heavy atom. The Balaban J connectivity index is 1.75. The summed E-state index contributed by atoms with van der Waals surface area (Å²) in [6.07, 6.45) is 1.38. The molecule has 2 aromatic carbocycles. The first kappa shape index (κ1) is 18.8. The molecular weight excluding hydrogens is 383 g/mol. The number of hydrogen-bond acceptors (Lipinski definition) is 2. The number of aromatic amines is 2. The second-order valence-electron chi connectivity index (χ2n) is 6.86. The van der Waals surface area contributed by atoms with Crippen LogP contribution in [0.3, 0.4) is 0 Å². The topological polar surface area (TPSA) is 69.0 Å². The van der Waals surface area contributed by atoms with Gasteiger partial charge in [0.25, 0.3) is 11.5 Å². The van der Waals surface area contributed by atoms with Gasteiger partial charge in [-0.3, -0.25) is 9.59 Å². The number of benzene rings is 2. The lowest BCUT2D eigenvalue weighted by Crippen LogP contribution is -2.30. The summed E-state index contributed by atoms with van der Waals surface area (Å²) in [5.41, 5.74) is 0.554. The number of carbonyl (C=O) groups excluding carboxylic acids is 1. The maximum atomic E-state index is 13.9. The molecule has 0 aliphatic rings. The highest BCUT2D eigenvalue weighted by atomic mass is 19.2. The zero-order valence-corrected chi connectivity index (χ0v) is 15.5. The fourth-order valence-corrected chi connectivity index (χ4v) is 3.43. The quantitative estimate of drug-likeness (QED) is 0.541. The molecule has 0 spiro atoms. The lowest BCUT2D eigenvalue weighted by atomic mass is 10.0. The monoisotopic (exact) mass is 399 g/mol. The molecule has 29 heavy (non-hydrogen) atoms. The van der Waals surface area contributed by atoms with Gasteiger partial charge in [-0.15, -0.1) is 0 Å². The number of pyridine rings is 1. The molecule has 148 valence electrons. The second-order valence-corrected chi connectivity index (χ2v) is 6.86. The molecule has 0 fully saturated rings. The van der Waals surface area contributed by atoms with Gasteiger partial charge in [0, 0.05) is 24.1 Å². The molecule has 2 aromatic heterocycles. The number of H-pyrrole nitrogens is 2. The minimum atomic E-state index is -1.13. The molecule has 0 aliphatic carbocycles. The van der Waals surface area contributed by atoms with E-state index in [1.54, 1.807) is 13.0 Å². The Labute approximate surface area is 162 Å². The summed E-state index contributed by atoms with van der Waals surface area (Å²) in [5, 5.41) is 0.494. The van der Waals surface area contributed by atoms with Crippen LogP contribution in [0.5, 0.6) is 0 Å². The van der Waals surface area contributed by atoms with Crippen LogP contribution in [0, 0.1) is 17.5 Å². The zero-order valence-electron chi connectivity index (χ0n) is 15.5. The summed E-state index contributed by atoms with van der Waals surface area (Å²) < 4.78 is 41.3. The van der Waals surface area contributed by atoms with Crippen molar-refractivity contribution < 1.29 is 18.0 Å². The fraction of sp³-hybridized carbons (Fsp3) is 0.143. The van der Waals surface area contributed by atoms with Gasteiger partial charge >= 0.3 is 0 Å². The third kappa shape index (κ3) is 3.06. The van der Waals surface area contributed by atoms with Crippen LogP contribution in [0.15, 0.2) is 47.4 Å². The predicted octanol–water partition coefficient (Wildman–Crippen LogP) is 4.26. The third-order valence-electron chi connectivity index (χ3n) is 5.17. The van der Waals surface area contributed by atoms with Gasteiger partial charge in [-0.25, -0.2) is 13.2 Å². The molecule has 0 aliphatic heterocycles. The van der Waals surface area contributed by atoms with Crippen LogP contribution >= 0.6 is 0 Å². The van der Waals surface area contributed by atoms with E-state index in [0.29, 0.717) is 16.5 Å². The molecule has 5 nitrogen and oxygen atoms in total. The highest BCUT2D eigenvalue weighted by Crippen LogP contribution is 2.28. The molecule has 0 unspecified atom stereocenters. The molecule has 1 atom stereocenters. The molecule has 4 aromatic rings. The SMILES string of the molecule is C[C@@H](c1c[nH]c(=O)c2cc(F)c(F)cc12)N(C)C(=O)c1cc2c(F)cccc2[nH]1. The van der Waals surface area contributed by atoms with Gasteiger partial charge in [0.2, 0.25) is 0 Å². The predicted molar refractivity (Wildman–Crippen MR) is 103 cm³/mol. The van der Waals surface area contributed by atoms with Crippen molar-refractivity contribution in [1.82, 2.24) is 14.9 Å². The standard InChI is InChI=1S/C21H16F3N3O2/c1-10(14-9-25-20(28)12-7-17(24)16(23)6-11(12)14)27(2)21(29)19-8-13-15(22)4-3-5-18(13)26-19/h3-10,26H,1-2H3,(H,25,28)/t10-/m0/s1. The summed E-state index contributed by atoms with van der Waals surface area (Å²) in [6, 6.07) is 7.11. The lowest BCUT2D eigenvalue weighted by Gasteiger charge is -2.25. The van der Waals surface area contributed by atoms with E-state index in [9.17, 15) is 22.8 Å². The van der Waals surface area contributed by atoms with Crippen molar-refractivity contribution in [1.29, 1.82) is 0 Å². The highest BCUT2D eigenvalue weighted by Gasteiger charge is 2.23. The Hall–Kier alpha value is -3.55. The van der Waals surface area contributed by atoms with Crippen molar-refractivity contribution in [2.24, 2.45) is 0 Å². The van der Waals surface area contributed by atoms with E-state index in [1.807, 2.05) is 0 Å². The van der Waals surface area contributed by atoms with Crippen LogP contribution in [-0.2, 0) is 0 Å². The minimum absolute atomic E-state index is 0.0122. The van der Waals surface area contributed by atoms with Crippen molar-refractivity contribution in [3.8, 4) is 0 Å². The average Bonchev–Trinajstić information content (AvgIpc) is 3.14. The summed E-state index contributed by atoms with van der Waals surface area (Å²) in [4.78, 5) is 31.7. The number of fused-ring (bicyclic) bond motifs is 2. The van der Waals surface area contributed by atoms with E-state index < -0.39 is 35.0 Å². The first-order chi connectivity index (χ1) is 13.8. The van der Waals surface area contributed by atoms with Gasteiger partial charge in [-0.1, -0.05) is 6.07 Å². The van der Waals surface area contributed by atoms with Crippen molar-refractivity contribution >= 4 is 27.6 Å².